The van der Waals surface area contributed by atoms with Crippen LogP contribution in [-0.2, 0) is 9.84 Å². The lowest BCUT2D eigenvalue weighted by Crippen LogP contribution is -2.91. The number of nitrogens with zero attached hydrogens (tertiary/aromatic N) is 2. The maximum atomic E-state index is 11.4. The van der Waals surface area contributed by atoms with E-state index in [0.29, 0.717) is 0 Å². The third-order valence-electron chi connectivity index (χ3n) is 3.13. The number of amidine groups is 1. The number of hydrogen-bond acceptors (Lipinski definition) is 5. The Balaban J connectivity index is 1.64. The van der Waals surface area contributed by atoms with E-state index in [9.17, 15) is 8.42 Å². The van der Waals surface area contributed by atoms with Gasteiger partial charge in [0.05, 0.1) is 17.2 Å². The fourth-order valence-electron chi connectivity index (χ4n) is 2.25. The first kappa shape index (κ1) is 12.8. The van der Waals surface area contributed by atoms with Crippen LogP contribution in [0.4, 0.5) is 0 Å². The molecule has 1 aromatic rings. The first-order valence-electron chi connectivity index (χ1n) is 6.00. The molecule has 0 aliphatic carbocycles. The standard InChI is InChI=1S/C12H13N3O2S2/c16-19(17)7-10-11(8-19)18-12(14-10)15-13-6-9-4-2-1-3-5-9/h1-6,10-11H,7-8H2,(H,14,15)/p+1. The highest BCUT2D eigenvalue weighted by Crippen LogP contribution is 2.26. The average molecular weight is 296 g/mol. The molecule has 2 N–H and O–H groups in total. The Hall–Kier alpha value is -1.18. The van der Waals surface area contributed by atoms with Crippen molar-refractivity contribution >= 4 is 33.0 Å². The number of thioether (sulfide) groups is 1. The second kappa shape index (κ2) is 5.07. The molecule has 2 heterocycles. The van der Waals surface area contributed by atoms with E-state index in [1.807, 2.05) is 35.6 Å². The van der Waals surface area contributed by atoms with Gasteiger partial charge in [-0.1, -0.05) is 35.4 Å². The van der Waals surface area contributed by atoms with Gasteiger partial charge in [-0.2, -0.15) is 5.10 Å². The number of fused-ring (bicyclic) bond motifs is 1. The molecule has 5 nitrogen and oxygen atoms in total. The summed E-state index contributed by atoms with van der Waals surface area (Å²) in [6.45, 7) is 0. The molecule has 7 heteroatoms. The Morgan fingerprint density at radius 2 is 2.05 bits per heavy atom. The summed E-state index contributed by atoms with van der Waals surface area (Å²) in [4.78, 5) is 0. The minimum absolute atomic E-state index is 0.112. The summed E-state index contributed by atoms with van der Waals surface area (Å²) in [7, 11) is -2.84. The van der Waals surface area contributed by atoms with Gasteiger partial charge >= 0.3 is 0 Å². The second-order valence-electron chi connectivity index (χ2n) is 4.66. The molecule has 0 amide bonds. The molecule has 1 aromatic carbocycles. The van der Waals surface area contributed by atoms with Crippen LogP contribution in [0, 0.1) is 0 Å². The van der Waals surface area contributed by atoms with Gasteiger partial charge in [0.25, 0.3) is 5.17 Å². The van der Waals surface area contributed by atoms with Crippen LogP contribution in [0.3, 0.4) is 0 Å². The van der Waals surface area contributed by atoms with Crippen molar-refractivity contribution in [3.63, 3.8) is 0 Å². The molecule has 19 heavy (non-hydrogen) atoms. The first-order chi connectivity index (χ1) is 9.12. The highest BCUT2D eigenvalue weighted by atomic mass is 32.2. The zero-order chi connectivity index (χ0) is 13.3. The maximum Gasteiger partial charge on any atom is 0.280 e. The third-order valence-corrected chi connectivity index (χ3v) is 6.38. The van der Waals surface area contributed by atoms with E-state index in [1.54, 1.807) is 6.21 Å². The van der Waals surface area contributed by atoms with Crippen LogP contribution in [0.2, 0.25) is 0 Å². The first-order valence-corrected chi connectivity index (χ1v) is 8.70. The minimum Gasteiger partial charge on any atom is -0.286 e. The number of hydrogen-bond donors (Lipinski definition) is 1. The molecule has 2 unspecified atom stereocenters. The molecule has 0 radical (unpaired) electrons. The summed E-state index contributed by atoms with van der Waals surface area (Å²) < 4.78 is 22.9. The molecule has 2 atom stereocenters. The van der Waals surface area contributed by atoms with Crippen LogP contribution in [0.5, 0.6) is 0 Å². The van der Waals surface area contributed by atoms with Gasteiger partial charge in [0, 0.05) is 0 Å². The van der Waals surface area contributed by atoms with Crippen molar-refractivity contribution in [2.45, 2.75) is 11.3 Å². The normalized spacial score (nSPS) is 31.1. The van der Waals surface area contributed by atoms with Crippen LogP contribution in [0.15, 0.2) is 40.5 Å². The van der Waals surface area contributed by atoms with Gasteiger partial charge in [-0.25, -0.2) is 8.42 Å². The highest BCUT2D eigenvalue weighted by molar-refractivity contribution is 8.15. The molecular formula is C12H14N3O2S2+. The van der Waals surface area contributed by atoms with Gasteiger partial charge in [0.15, 0.2) is 9.84 Å². The summed E-state index contributed by atoms with van der Waals surface area (Å²) in [5.41, 5.74) is 0.998. The Morgan fingerprint density at radius 3 is 2.79 bits per heavy atom. The number of quaternary nitrogens is 1. The number of rotatable bonds is 2. The predicted octanol–water partition coefficient (Wildman–Crippen LogP) is -0.148. The molecular weight excluding hydrogens is 282 g/mol. The van der Waals surface area contributed by atoms with E-state index in [-0.39, 0.29) is 22.8 Å². The fourth-order valence-corrected chi connectivity index (χ4v) is 6.07. The quantitative estimate of drug-likeness (QED) is 0.609. The van der Waals surface area contributed by atoms with Gasteiger partial charge < -0.3 is 0 Å². The van der Waals surface area contributed by atoms with Gasteiger partial charge in [0.2, 0.25) is 0 Å². The minimum atomic E-state index is -2.84. The molecule has 2 aliphatic heterocycles. The van der Waals surface area contributed by atoms with E-state index in [0.717, 1.165) is 10.7 Å². The van der Waals surface area contributed by atoms with Crippen molar-refractivity contribution < 1.29 is 13.7 Å². The number of sulfone groups is 1. The molecule has 2 aliphatic rings. The van der Waals surface area contributed by atoms with E-state index in [1.165, 1.54) is 11.8 Å². The van der Waals surface area contributed by atoms with Crippen molar-refractivity contribution in [3.8, 4) is 0 Å². The van der Waals surface area contributed by atoms with E-state index >= 15 is 0 Å². The molecule has 0 aromatic heterocycles. The van der Waals surface area contributed by atoms with Crippen molar-refractivity contribution in [1.82, 2.24) is 0 Å². The molecule has 100 valence electrons. The van der Waals surface area contributed by atoms with Crippen molar-refractivity contribution in [2.24, 2.45) is 10.2 Å². The van der Waals surface area contributed by atoms with Crippen LogP contribution in [0.25, 0.3) is 0 Å². The largest absolute Gasteiger partial charge is 0.286 e. The smallest absolute Gasteiger partial charge is 0.280 e. The number of benzene rings is 1. The summed E-state index contributed by atoms with van der Waals surface area (Å²) >= 11 is 1.52. The van der Waals surface area contributed by atoms with Gasteiger partial charge in [-0.05, 0) is 17.3 Å². The van der Waals surface area contributed by atoms with Crippen LogP contribution < -0.4 is 5.32 Å². The molecule has 2 saturated heterocycles. The van der Waals surface area contributed by atoms with Crippen LogP contribution in [-0.4, -0.2) is 42.6 Å². The van der Waals surface area contributed by atoms with Gasteiger partial charge in [0.1, 0.15) is 11.8 Å². The zero-order valence-corrected chi connectivity index (χ0v) is 11.8. The van der Waals surface area contributed by atoms with E-state index in [4.69, 9.17) is 0 Å². The summed E-state index contributed by atoms with van der Waals surface area (Å²) in [5, 5.41) is 11.1. The molecule has 2 fully saturated rings. The average Bonchev–Trinajstić information content (AvgIpc) is 2.83. The van der Waals surface area contributed by atoms with Crippen LogP contribution in [0.1, 0.15) is 5.56 Å². The molecule has 0 spiro atoms. The van der Waals surface area contributed by atoms with Gasteiger partial charge in [-0.3, -0.25) is 5.32 Å². The fraction of sp³-hybridized carbons (Fsp3) is 0.333. The number of nitrogens with two attached hydrogens (primary N) is 1. The van der Waals surface area contributed by atoms with Crippen molar-refractivity contribution in [3.05, 3.63) is 35.9 Å². The van der Waals surface area contributed by atoms with Crippen molar-refractivity contribution in [1.29, 1.82) is 0 Å². The van der Waals surface area contributed by atoms with E-state index in [2.05, 4.69) is 10.2 Å². The lowest BCUT2D eigenvalue weighted by atomic mass is 10.2. The van der Waals surface area contributed by atoms with Crippen molar-refractivity contribution in [2.75, 3.05) is 11.5 Å². The summed E-state index contributed by atoms with van der Waals surface area (Å²) in [6.07, 6.45) is 1.70. The Bertz CT molecular complexity index is 604. The van der Waals surface area contributed by atoms with Gasteiger partial charge in [-0.15, -0.1) is 0 Å². The maximum absolute atomic E-state index is 11.4. The van der Waals surface area contributed by atoms with Crippen LogP contribution >= 0.6 is 11.8 Å². The molecule has 0 saturated carbocycles. The predicted molar refractivity (Wildman–Crippen MR) is 77.2 cm³/mol. The SMILES string of the molecule is O=S1(=O)CC2[NH2+]C(=NN=Cc3ccccc3)SC2C1. The second-order valence-corrected chi connectivity index (χ2v) is 8.07. The van der Waals surface area contributed by atoms with E-state index < -0.39 is 9.84 Å². The Kier molecular flexibility index (Phi) is 3.42. The summed E-state index contributed by atoms with van der Waals surface area (Å²) in [5.74, 6) is 0.520. The summed E-state index contributed by atoms with van der Waals surface area (Å²) in [6, 6.07) is 9.86. The third kappa shape index (κ3) is 3.05. The Labute approximate surface area is 116 Å². The Morgan fingerprint density at radius 1 is 1.26 bits per heavy atom. The zero-order valence-electron chi connectivity index (χ0n) is 10.1. The monoisotopic (exact) mass is 296 g/mol. The molecule has 0 bridgehead atoms. The lowest BCUT2D eigenvalue weighted by molar-refractivity contribution is -0.563. The lowest BCUT2D eigenvalue weighted by Gasteiger charge is -1.96. The topological polar surface area (TPSA) is 75.5 Å². The molecule has 3 rings (SSSR count). The highest BCUT2D eigenvalue weighted by Gasteiger charge is 2.47.